The minimum Gasteiger partial charge on any atom is -0.398 e. The molecule has 6 heteroatoms. The average molecular weight is 369 g/mol. The van der Waals surface area contributed by atoms with Gasteiger partial charge in [0.15, 0.2) is 0 Å². The molecule has 2 rings (SSSR count). The lowest BCUT2D eigenvalue weighted by atomic mass is 9.82. The van der Waals surface area contributed by atoms with Gasteiger partial charge >= 0.3 is 7.12 Å². The van der Waals surface area contributed by atoms with E-state index in [4.69, 9.17) is 25.6 Å². The van der Waals surface area contributed by atoms with Gasteiger partial charge in [-0.2, -0.15) is 0 Å². The molecular weight excluding hydrogens is 341 g/mol. The van der Waals surface area contributed by atoms with Gasteiger partial charge in [0.1, 0.15) is 5.73 Å². The number of hydrogen-bond acceptors (Lipinski definition) is 3. The number of ether oxygens (including phenoxy) is 1. The van der Waals surface area contributed by atoms with Crippen LogP contribution in [0.15, 0.2) is 30.0 Å². The van der Waals surface area contributed by atoms with Crippen LogP contribution in [0.3, 0.4) is 0 Å². The molecule has 1 heterocycles. The zero-order valence-corrected chi connectivity index (χ0v) is 16.5. The lowest BCUT2D eigenvalue weighted by Crippen LogP contribution is -2.41. The summed E-state index contributed by atoms with van der Waals surface area (Å²) in [5.74, 6) is 0. The molecule has 1 aromatic rings. The van der Waals surface area contributed by atoms with E-state index in [2.05, 4.69) is 0 Å². The van der Waals surface area contributed by atoms with Crippen LogP contribution in [0.25, 0.3) is 5.57 Å². The molecule has 0 radical (unpaired) electrons. The highest BCUT2D eigenvalue weighted by molar-refractivity contribution is 6.55. The standard InChI is InChI=1S/C19H27BClFO3/c1-6-11-23-12-10-16(14-8-7-9-15(21)13-14)17(22)20-24-18(2,3)19(4,5)25-20/h7-9,13H,6,10-12H2,1-5H3. The minimum atomic E-state index is -1.02. The van der Waals surface area contributed by atoms with Crippen molar-refractivity contribution in [3.63, 3.8) is 0 Å². The molecule has 1 aliphatic heterocycles. The zero-order chi connectivity index (χ0) is 18.7. The summed E-state index contributed by atoms with van der Waals surface area (Å²) < 4.78 is 32.6. The maximum atomic E-state index is 15.3. The largest absolute Gasteiger partial charge is 0.525 e. The van der Waals surface area contributed by atoms with Gasteiger partial charge in [0, 0.05) is 11.6 Å². The van der Waals surface area contributed by atoms with Gasteiger partial charge in [-0.05, 0) is 63.8 Å². The Morgan fingerprint density at radius 2 is 1.80 bits per heavy atom. The van der Waals surface area contributed by atoms with Gasteiger partial charge in [0.25, 0.3) is 0 Å². The molecule has 1 aliphatic rings. The van der Waals surface area contributed by atoms with Gasteiger partial charge in [0.2, 0.25) is 0 Å². The SMILES string of the molecule is CCCOCCC(=C(F)B1OC(C)(C)C(C)(C)O1)c1cccc(Cl)c1. The van der Waals surface area contributed by atoms with Crippen LogP contribution in [-0.2, 0) is 14.0 Å². The van der Waals surface area contributed by atoms with E-state index in [1.165, 1.54) is 0 Å². The second-order valence-corrected chi connectivity index (χ2v) is 7.72. The molecule has 3 nitrogen and oxygen atoms in total. The summed E-state index contributed by atoms with van der Waals surface area (Å²) in [6, 6.07) is 7.17. The third-order valence-electron chi connectivity index (χ3n) is 4.77. The van der Waals surface area contributed by atoms with E-state index in [0.29, 0.717) is 30.2 Å². The third-order valence-corrected chi connectivity index (χ3v) is 5.00. The Bertz CT molecular complexity index is 615. The van der Waals surface area contributed by atoms with Crippen molar-refractivity contribution in [2.75, 3.05) is 13.2 Å². The topological polar surface area (TPSA) is 27.7 Å². The Labute approximate surface area is 155 Å². The van der Waals surface area contributed by atoms with Crippen molar-refractivity contribution in [3.8, 4) is 0 Å². The van der Waals surface area contributed by atoms with Gasteiger partial charge in [-0.15, -0.1) is 0 Å². The van der Waals surface area contributed by atoms with E-state index in [1.807, 2.05) is 46.8 Å². The van der Waals surface area contributed by atoms with E-state index < -0.39 is 24.0 Å². The van der Waals surface area contributed by atoms with Gasteiger partial charge in [0.05, 0.1) is 17.8 Å². The van der Waals surface area contributed by atoms with E-state index in [1.54, 1.807) is 12.1 Å². The fraction of sp³-hybridized carbons (Fsp3) is 0.579. The van der Waals surface area contributed by atoms with E-state index in [-0.39, 0.29) is 0 Å². The average Bonchev–Trinajstić information content (AvgIpc) is 2.75. The minimum absolute atomic E-state index is 0.416. The fourth-order valence-electron chi connectivity index (χ4n) is 2.59. The number of rotatable bonds is 7. The van der Waals surface area contributed by atoms with Crippen LogP contribution >= 0.6 is 11.6 Å². The van der Waals surface area contributed by atoms with Crippen LogP contribution in [-0.4, -0.2) is 31.5 Å². The number of hydrogen-bond donors (Lipinski definition) is 0. The predicted molar refractivity (Wildman–Crippen MR) is 101 cm³/mol. The smallest absolute Gasteiger partial charge is 0.398 e. The third kappa shape index (κ3) is 4.85. The van der Waals surface area contributed by atoms with Crippen molar-refractivity contribution in [3.05, 3.63) is 40.6 Å². The molecule has 1 saturated heterocycles. The highest BCUT2D eigenvalue weighted by Gasteiger charge is 2.53. The zero-order valence-electron chi connectivity index (χ0n) is 15.7. The fourth-order valence-corrected chi connectivity index (χ4v) is 2.78. The Balaban J connectivity index is 2.31. The Morgan fingerprint density at radius 1 is 1.16 bits per heavy atom. The highest BCUT2D eigenvalue weighted by Crippen LogP contribution is 2.40. The lowest BCUT2D eigenvalue weighted by Gasteiger charge is -2.32. The van der Waals surface area contributed by atoms with Gasteiger partial charge in [-0.1, -0.05) is 30.7 Å². The molecule has 0 amide bonds. The van der Waals surface area contributed by atoms with Crippen molar-refractivity contribution in [1.82, 2.24) is 0 Å². The van der Waals surface area contributed by atoms with Crippen molar-refractivity contribution in [1.29, 1.82) is 0 Å². The van der Waals surface area contributed by atoms with Crippen LogP contribution in [0, 0.1) is 0 Å². The maximum Gasteiger partial charge on any atom is 0.525 e. The first kappa shape index (κ1) is 20.4. The molecule has 0 bridgehead atoms. The van der Waals surface area contributed by atoms with E-state index in [0.717, 1.165) is 12.0 Å². The molecule has 0 spiro atoms. The number of benzene rings is 1. The van der Waals surface area contributed by atoms with Crippen molar-refractivity contribution >= 4 is 24.3 Å². The molecule has 25 heavy (non-hydrogen) atoms. The molecule has 0 atom stereocenters. The second-order valence-electron chi connectivity index (χ2n) is 7.29. The van der Waals surface area contributed by atoms with E-state index >= 15 is 4.39 Å². The lowest BCUT2D eigenvalue weighted by molar-refractivity contribution is 0.00578. The van der Waals surface area contributed by atoms with Crippen LogP contribution in [0.4, 0.5) is 4.39 Å². The molecule has 0 aromatic heterocycles. The summed E-state index contributed by atoms with van der Waals surface area (Å²) in [6.45, 7) is 10.8. The maximum absolute atomic E-state index is 15.3. The molecule has 0 saturated carbocycles. The normalized spacial score (nSPS) is 19.9. The monoisotopic (exact) mass is 368 g/mol. The van der Waals surface area contributed by atoms with Crippen LogP contribution in [0.5, 0.6) is 0 Å². The first-order valence-corrected chi connectivity index (χ1v) is 9.13. The van der Waals surface area contributed by atoms with Crippen LogP contribution < -0.4 is 0 Å². The van der Waals surface area contributed by atoms with Crippen molar-refractivity contribution in [2.24, 2.45) is 0 Å². The molecule has 1 aromatic carbocycles. The first-order chi connectivity index (χ1) is 11.7. The van der Waals surface area contributed by atoms with Crippen LogP contribution in [0.2, 0.25) is 5.02 Å². The van der Waals surface area contributed by atoms with Gasteiger partial charge in [-0.3, -0.25) is 0 Å². The number of halogens is 2. The molecule has 1 fully saturated rings. The second kappa shape index (κ2) is 8.21. The predicted octanol–water partition coefficient (Wildman–Crippen LogP) is 5.47. The summed E-state index contributed by atoms with van der Waals surface area (Å²) in [5.41, 5.74) is -0.363. The highest BCUT2D eigenvalue weighted by atomic mass is 35.5. The molecule has 138 valence electrons. The first-order valence-electron chi connectivity index (χ1n) is 8.76. The van der Waals surface area contributed by atoms with Crippen molar-refractivity contribution in [2.45, 2.75) is 58.7 Å². The van der Waals surface area contributed by atoms with Crippen molar-refractivity contribution < 1.29 is 18.4 Å². The molecular formula is C19H27BClFO3. The van der Waals surface area contributed by atoms with Crippen LogP contribution in [0.1, 0.15) is 53.0 Å². The molecule has 0 unspecified atom stereocenters. The quantitative estimate of drug-likeness (QED) is 0.472. The Morgan fingerprint density at radius 3 is 2.36 bits per heavy atom. The van der Waals surface area contributed by atoms with E-state index in [9.17, 15) is 0 Å². The molecule has 0 aliphatic carbocycles. The summed E-state index contributed by atoms with van der Waals surface area (Å²) in [6.07, 6.45) is 1.35. The summed E-state index contributed by atoms with van der Waals surface area (Å²) >= 11 is 6.09. The summed E-state index contributed by atoms with van der Waals surface area (Å²) in [7, 11) is -1.02. The van der Waals surface area contributed by atoms with Gasteiger partial charge in [-0.25, -0.2) is 4.39 Å². The molecule has 0 N–H and O–H groups in total. The summed E-state index contributed by atoms with van der Waals surface area (Å²) in [5, 5.41) is 0.561. The Kier molecular flexibility index (Phi) is 6.71. The van der Waals surface area contributed by atoms with Gasteiger partial charge < -0.3 is 14.0 Å². The Hall–Kier alpha value is -0.875. The summed E-state index contributed by atoms with van der Waals surface area (Å²) in [4.78, 5) is 0.